The van der Waals surface area contributed by atoms with Crippen LogP contribution in [0, 0.1) is 0 Å². The Labute approximate surface area is 235 Å². The molecule has 0 aliphatic carbocycles. The van der Waals surface area contributed by atoms with Crippen LogP contribution in [0.4, 0.5) is 5.69 Å². The molecule has 6 rings (SSSR count). The number of aromatic nitrogens is 5. The fourth-order valence-electron chi connectivity index (χ4n) is 6.66. The van der Waals surface area contributed by atoms with Crippen molar-refractivity contribution in [2.45, 2.75) is 90.7 Å². The zero-order valence-corrected chi connectivity index (χ0v) is 24.2. The monoisotopic (exact) mass is 543 g/mol. The van der Waals surface area contributed by atoms with Crippen molar-refractivity contribution < 1.29 is 4.74 Å². The minimum Gasteiger partial charge on any atom is -0.364 e. The molecule has 0 bridgehead atoms. The molecule has 0 amide bonds. The second-order valence-corrected chi connectivity index (χ2v) is 11.2. The first-order valence-corrected chi connectivity index (χ1v) is 15.0. The van der Waals surface area contributed by atoms with Crippen LogP contribution >= 0.6 is 0 Å². The van der Waals surface area contributed by atoms with Gasteiger partial charge in [-0.05, 0) is 63.6 Å². The van der Waals surface area contributed by atoms with Crippen molar-refractivity contribution in [3.63, 3.8) is 0 Å². The maximum atomic E-state index is 13.4. The summed E-state index contributed by atoms with van der Waals surface area (Å²) < 4.78 is 9.85. The van der Waals surface area contributed by atoms with E-state index in [1.54, 1.807) is 12.4 Å². The molecule has 3 aromatic heterocycles. The van der Waals surface area contributed by atoms with Gasteiger partial charge in [-0.2, -0.15) is 5.10 Å². The molecule has 0 spiro atoms. The number of rotatable bonds is 7. The SMILES string of the molecule is CC[C@H]1CN(C(C)c2ccc3nccnc3c2)[C@H](CC)CN1c1cc(=O)n(CC)c2cn(C3CCCCO3)nc12. The van der Waals surface area contributed by atoms with Gasteiger partial charge in [-0.1, -0.05) is 19.9 Å². The first-order chi connectivity index (χ1) is 19.5. The highest BCUT2D eigenvalue weighted by Crippen LogP contribution is 2.35. The highest BCUT2D eigenvalue weighted by molar-refractivity contribution is 5.88. The Morgan fingerprint density at radius 2 is 1.80 bits per heavy atom. The Morgan fingerprint density at radius 3 is 2.52 bits per heavy atom. The Hall–Kier alpha value is -3.30. The number of hydrogen-bond donors (Lipinski definition) is 0. The lowest BCUT2D eigenvalue weighted by molar-refractivity contribution is -0.0390. The molecule has 1 aromatic carbocycles. The molecule has 0 saturated carbocycles. The summed E-state index contributed by atoms with van der Waals surface area (Å²) in [6.45, 7) is 12.0. The first-order valence-electron chi connectivity index (χ1n) is 15.0. The number of benzene rings is 1. The summed E-state index contributed by atoms with van der Waals surface area (Å²) in [5, 5.41) is 5.08. The molecule has 4 aromatic rings. The van der Waals surface area contributed by atoms with E-state index in [1.807, 2.05) is 28.4 Å². The van der Waals surface area contributed by atoms with Crippen LogP contribution in [-0.2, 0) is 11.3 Å². The molecule has 2 fully saturated rings. The molecule has 2 unspecified atom stereocenters. The minimum absolute atomic E-state index is 0.0325. The lowest BCUT2D eigenvalue weighted by Crippen LogP contribution is -2.58. The largest absolute Gasteiger partial charge is 0.364 e. The first kappa shape index (κ1) is 26.9. The third kappa shape index (κ3) is 4.79. The normalized spacial score (nSPS) is 23.2. The van der Waals surface area contributed by atoms with E-state index < -0.39 is 0 Å². The van der Waals surface area contributed by atoms with Crippen LogP contribution in [0.3, 0.4) is 0 Å². The van der Waals surface area contributed by atoms with Crippen LogP contribution in [0.25, 0.3) is 22.1 Å². The zero-order chi connectivity index (χ0) is 27.8. The van der Waals surface area contributed by atoms with Crippen LogP contribution in [0.2, 0.25) is 0 Å². The van der Waals surface area contributed by atoms with Crippen molar-refractivity contribution in [3.8, 4) is 0 Å². The average Bonchev–Trinajstić information content (AvgIpc) is 3.45. The molecular weight excluding hydrogens is 502 g/mol. The van der Waals surface area contributed by atoms with Gasteiger partial charge in [-0.3, -0.25) is 19.7 Å². The second kappa shape index (κ2) is 11.3. The Balaban J connectivity index is 1.35. The minimum atomic E-state index is -0.0656. The topological polar surface area (TPSA) is 81.3 Å². The predicted octanol–water partition coefficient (Wildman–Crippen LogP) is 5.30. The van der Waals surface area contributed by atoms with E-state index in [0.717, 1.165) is 79.6 Å². The zero-order valence-electron chi connectivity index (χ0n) is 24.2. The summed E-state index contributed by atoms with van der Waals surface area (Å²) in [4.78, 5) is 27.5. The smallest absolute Gasteiger partial charge is 0.253 e. The van der Waals surface area contributed by atoms with Gasteiger partial charge < -0.3 is 14.2 Å². The van der Waals surface area contributed by atoms with E-state index in [2.05, 4.69) is 58.7 Å². The quantitative estimate of drug-likeness (QED) is 0.313. The molecule has 2 aliphatic rings. The highest BCUT2D eigenvalue weighted by Gasteiger charge is 2.36. The van der Waals surface area contributed by atoms with E-state index in [0.29, 0.717) is 12.6 Å². The Morgan fingerprint density at radius 1 is 1.00 bits per heavy atom. The summed E-state index contributed by atoms with van der Waals surface area (Å²) in [6.07, 6.45) is 10.6. The van der Waals surface area contributed by atoms with Crippen molar-refractivity contribution in [2.24, 2.45) is 0 Å². The molecular formula is C31H41N7O2. The summed E-state index contributed by atoms with van der Waals surface area (Å²) in [5.41, 5.74) is 5.90. The number of pyridine rings is 1. The standard InChI is InChI=1S/C31H41N7O2/c1-5-23-19-37(24(6-2)18-36(23)21(4)22-11-12-25-26(16-22)33-14-13-32-25)27-17-29(39)35(7-3)28-20-38(34-31(27)28)30-10-8-9-15-40-30/h11-14,16-17,20-21,23-24,30H,5-10,15,18-19H2,1-4H3/t21?,23-,24+,30?/m1/s1. The van der Waals surface area contributed by atoms with Gasteiger partial charge in [-0.25, -0.2) is 4.68 Å². The van der Waals surface area contributed by atoms with E-state index in [9.17, 15) is 4.79 Å². The summed E-state index contributed by atoms with van der Waals surface area (Å²) in [6, 6.07) is 9.11. The predicted molar refractivity (Wildman–Crippen MR) is 159 cm³/mol. The van der Waals surface area contributed by atoms with Gasteiger partial charge in [0.15, 0.2) is 0 Å². The Kier molecular flexibility index (Phi) is 7.59. The fourth-order valence-corrected chi connectivity index (χ4v) is 6.66. The molecule has 5 heterocycles. The van der Waals surface area contributed by atoms with Crippen LogP contribution < -0.4 is 10.5 Å². The molecule has 40 heavy (non-hydrogen) atoms. The van der Waals surface area contributed by atoms with Gasteiger partial charge in [0.1, 0.15) is 11.7 Å². The maximum Gasteiger partial charge on any atom is 0.253 e. The maximum absolute atomic E-state index is 13.4. The van der Waals surface area contributed by atoms with Crippen LogP contribution in [0.1, 0.15) is 77.6 Å². The third-order valence-corrected chi connectivity index (χ3v) is 9.00. The second-order valence-electron chi connectivity index (χ2n) is 11.2. The molecule has 0 N–H and O–H groups in total. The highest BCUT2D eigenvalue weighted by atomic mass is 16.5. The number of nitrogens with zero attached hydrogens (tertiary/aromatic N) is 7. The van der Waals surface area contributed by atoms with Crippen molar-refractivity contribution >= 4 is 27.8 Å². The molecule has 2 saturated heterocycles. The summed E-state index contributed by atoms with van der Waals surface area (Å²) >= 11 is 0. The van der Waals surface area contributed by atoms with E-state index in [-0.39, 0.29) is 23.9 Å². The number of ether oxygens (including phenoxy) is 1. The third-order valence-electron chi connectivity index (χ3n) is 9.00. The van der Waals surface area contributed by atoms with Crippen molar-refractivity contribution in [3.05, 3.63) is 58.8 Å². The van der Waals surface area contributed by atoms with E-state index >= 15 is 0 Å². The number of anilines is 1. The summed E-state index contributed by atoms with van der Waals surface area (Å²) in [5.74, 6) is 0. The average molecular weight is 544 g/mol. The van der Waals surface area contributed by atoms with Gasteiger partial charge in [0.2, 0.25) is 0 Å². The molecule has 9 nitrogen and oxygen atoms in total. The van der Waals surface area contributed by atoms with Gasteiger partial charge in [0.25, 0.3) is 5.56 Å². The van der Waals surface area contributed by atoms with Gasteiger partial charge in [0, 0.05) is 62.8 Å². The van der Waals surface area contributed by atoms with Crippen molar-refractivity contribution in [1.82, 2.24) is 29.2 Å². The molecule has 9 heteroatoms. The van der Waals surface area contributed by atoms with Crippen LogP contribution in [0.15, 0.2) is 47.7 Å². The summed E-state index contributed by atoms with van der Waals surface area (Å²) in [7, 11) is 0. The van der Waals surface area contributed by atoms with Gasteiger partial charge in [0.05, 0.1) is 28.4 Å². The number of hydrogen-bond acceptors (Lipinski definition) is 7. The number of fused-ring (bicyclic) bond motifs is 2. The molecule has 4 atom stereocenters. The van der Waals surface area contributed by atoms with Crippen LogP contribution in [-0.4, -0.2) is 61.0 Å². The lowest BCUT2D eigenvalue weighted by atomic mass is 9.96. The fraction of sp³-hybridized carbons (Fsp3) is 0.548. The lowest BCUT2D eigenvalue weighted by Gasteiger charge is -2.49. The van der Waals surface area contributed by atoms with E-state index in [4.69, 9.17) is 9.84 Å². The van der Waals surface area contributed by atoms with Crippen molar-refractivity contribution in [1.29, 1.82) is 0 Å². The molecule has 0 radical (unpaired) electrons. The number of aryl methyl sites for hydroxylation is 1. The molecule has 212 valence electrons. The van der Waals surface area contributed by atoms with Gasteiger partial charge in [-0.15, -0.1) is 0 Å². The molecule has 2 aliphatic heterocycles. The van der Waals surface area contributed by atoms with E-state index in [1.165, 1.54) is 5.56 Å². The van der Waals surface area contributed by atoms with Gasteiger partial charge >= 0.3 is 0 Å². The van der Waals surface area contributed by atoms with Crippen LogP contribution in [0.5, 0.6) is 0 Å². The Bertz CT molecular complexity index is 1540. The number of piperazine rings is 1. The van der Waals surface area contributed by atoms with Crippen molar-refractivity contribution in [2.75, 3.05) is 24.6 Å².